The van der Waals surface area contributed by atoms with Crippen LogP contribution in [0.5, 0.6) is 5.75 Å². The van der Waals surface area contributed by atoms with Gasteiger partial charge < -0.3 is 4.74 Å². The molecule has 0 aromatic heterocycles. The first-order valence-electron chi connectivity index (χ1n) is 6.82. The molecule has 0 aliphatic rings. The van der Waals surface area contributed by atoms with Crippen LogP contribution in [0.1, 0.15) is 12.5 Å². The second kappa shape index (κ2) is 7.32. The predicted octanol–water partition coefficient (Wildman–Crippen LogP) is 4.08. The van der Waals surface area contributed by atoms with Crippen molar-refractivity contribution in [1.29, 1.82) is 5.26 Å². The lowest BCUT2D eigenvalue weighted by Crippen LogP contribution is -2.03. The topological polar surface area (TPSA) is 67.2 Å². The van der Waals surface area contributed by atoms with Crippen molar-refractivity contribution in [3.8, 4) is 11.8 Å². The monoisotopic (exact) mass is 347 g/mol. The van der Waals surface area contributed by atoms with Crippen LogP contribution in [0.3, 0.4) is 0 Å². The molecule has 0 bridgehead atoms. The zero-order valence-corrected chi connectivity index (χ0v) is 13.9. The van der Waals surface area contributed by atoms with E-state index in [9.17, 15) is 13.7 Å². The molecular formula is C17H14ClNO3S. The normalized spacial score (nSPS) is 11.8. The summed E-state index contributed by atoms with van der Waals surface area (Å²) in [6.45, 7) is 2.36. The van der Waals surface area contributed by atoms with Crippen molar-refractivity contribution in [2.75, 3.05) is 6.61 Å². The lowest BCUT2D eigenvalue weighted by molar-refractivity contribution is 0.340. The largest absolute Gasteiger partial charge is 0.494 e. The van der Waals surface area contributed by atoms with Gasteiger partial charge in [0.1, 0.15) is 16.7 Å². The van der Waals surface area contributed by atoms with Gasteiger partial charge >= 0.3 is 0 Å². The number of hydrogen-bond acceptors (Lipinski definition) is 4. The molecule has 0 amide bonds. The second-order valence-electron chi connectivity index (χ2n) is 4.58. The van der Waals surface area contributed by atoms with E-state index in [1.54, 1.807) is 30.3 Å². The van der Waals surface area contributed by atoms with Gasteiger partial charge in [0, 0.05) is 5.02 Å². The van der Waals surface area contributed by atoms with E-state index in [1.807, 2.05) is 6.92 Å². The van der Waals surface area contributed by atoms with Crippen molar-refractivity contribution >= 4 is 27.5 Å². The summed E-state index contributed by atoms with van der Waals surface area (Å²) in [6, 6.07) is 14.3. The Bertz CT molecular complexity index is 865. The van der Waals surface area contributed by atoms with Crippen LogP contribution in [0.4, 0.5) is 0 Å². The number of allylic oxidation sites excluding steroid dienone is 1. The quantitative estimate of drug-likeness (QED) is 0.764. The Morgan fingerprint density at radius 3 is 2.57 bits per heavy atom. The molecule has 0 saturated carbocycles. The van der Waals surface area contributed by atoms with Gasteiger partial charge in [-0.05, 0) is 55.0 Å². The lowest BCUT2D eigenvalue weighted by atomic mass is 10.2. The maximum Gasteiger partial charge on any atom is 0.216 e. The van der Waals surface area contributed by atoms with Crippen LogP contribution in [0, 0.1) is 11.3 Å². The van der Waals surface area contributed by atoms with E-state index < -0.39 is 9.84 Å². The molecule has 6 heteroatoms. The molecule has 4 nitrogen and oxygen atoms in total. The van der Waals surface area contributed by atoms with E-state index in [1.165, 1.54) is 30.3 Å². The van der Waals surface area contributed by atoms with Gasteiger partial charge in [0.2, 0.25) is 9.84 Å². The Kier molecular flexibility index (Phi) is 5.43. The van der Waals surface area contributed by atoms with Gasteiger partial charge in [0.15, 0.2) is 0 Å². The van der Waals surface area contributed by atoms with Gasteiger partial charge in [-0.25, -0.2) is 8.42 Å². The van der Waals surface area contributed by atoms with Gasteiger partial charge in [-0.1, -0.05) is 23.7 Å². The molecule has 0 aliphatic carbocycles. The van der Waals surface area contributed by atoms with Gasteiger partial charge in [-0.15, -0.1) is 0 Å². The fourth-order valence-corrected chi connectivity index (χ4v) is 3.21. The van der Waals surface area contributed by atoms with Gasteiger partial charge in [0.05, 0.1) is 11.5 Å². The molecule has 0 atom stereocenters. The highest BCUT2D eigenvalue weighted by Crippen LogP contribution is 2.24. The SMILES string of the molecule is CCOc1cccc(C=C(C#N)S(=O)(=O)c2ccc(Cl)cc2)c1. The highest BCUT2D eigenvalue weighted by Gasteiger charge is 2.20. The maximum atomic E-state index is 12.5. The van der Waals surface area contributed by atoms with E-state index in [0.717, 1.165) is 0 Å². The van der Waals surface area contributed by atoms with Gasteiger partial charge in [0.25, 0.3) is 0 Å². The first-order valence-corrected chi connectivity index (χ1v) is 8.69. The van der Waals surface area contributed by atoms with E-state index in [-0.39, 0.29) is 9.80 Å². The second-order valence-corrected chi connectivity index (χ2v) is 6.94. The number of sulfone groups is 1. The third-order valence-electron chi connectivity index (χ3n) is 2.99. The lowest BCUT2D eigenvalue weighted by Gasteiger charge is -2.05. The first kappa shape index (κ1) is 17.1. The fraction of sp³-hybridized carbons (Fsp3) is 0.118. The van der Waals surface area contributed by atoms with Crippen molar-refractivity contribution in [2.24, 2.45) is 0 Å². The Labute approximate surface area is 140 Å². The summed E-state index contributed by atoms with van der Waals surface area (Å²) in [7, 11) is -3.89. The Balaban J connectivity index is 2.44. The van der Waals surface area contributed by atoms with Crippen molar-refractivity contribution in [3.05, 3.63) is 64.0 Å². The molecule has 118 valence electrons. The zero-order valence-electron chi connectivity index (χ0n) is 12.4. The summed E-state index contributed by atoms with van der Waals surface area (Å²) >= 11 is 5.76. The summed E-state index contributed by atoms with van der Waals surface area (Å²) < 4.78 is 30.4. The van der Waals surface area contributed by atoms with Crippen LogP contribution in [0.15, 0.2) is 58.3 Å². The number of nitrogens with zero attached hydrogens (tertiary/aromatic N) is 1. The Morgan fingerprint density at radius 1 is 1.26 bits per heavy atom. The number of halogens is 1. The molecule has 0 spiro atoms. The number of benzene rings is 2. The van der Waals surface area contributed by atoms with E-state index in [0.29, 0.717) is 22.9 Å². The minimum Gasteiger partial charge on any atom is -0.494 e. The van der Waals surface area contributed by atoms with Gasteiger partial charge in [-0.3, -0.25) is 0 Å². The molecule has 0 unspecified atom stereocenters. The van der Waals surface area contributed by atoms with E-state index in [4.69, 9.17) is 16.3 Å². The summed E-state index contributed by atoms with van der Waals surface area (Å²) in [5.74, 6) is 0.613. The minimum absolute atomic E-state index is 0.0238. The van der Waals surface area contributed by atoms with Crippen LogP contribution in [-0.4, -0.2) is 15.0 Å². The smallest absolute Gasteiger partial charge is 0.216 e. The summed E-state index contributed by atoms with van der Waals surface area (Å²) in [4.78, 5) is -0.316. The van der Waals surface area contributed by atoms with Crippen LogP contribution < -0.4 is 4.74 Å². The molecule has 2 aromatic rings. The molecule has 0 N–H and O–H groups in total. The van der Waals surface area contributed by atoms with Crippen molar-refractivity contribution in [1.82, 2.24) is 0 Å². The van der Waals surface area contributed by atoms with Crippen LogP contribution in [-0.2, 0) is 9.84 Å². The highest BCUT2D eigenvalue weighted by molar-refractivity contribution is 7.95. The van der Waals surface area contributed by atoms with Crippen molar-refractivity contribution in [3.63, 3.8) is 0 Å². The van der Waals surface area contributed by atoms with E-state index in [2.05, 4.69) is 0 Å². The number of hydrogen-bond donors (Lipinski definition) is 0. The molecular weight excluding hydrogens is 334 g/mol. The summed E-state index contributed by atoms with van der Waals surface area (Å²) in [5, 5.41) is 9.68. The predicted molar refractivity (Wildman–Crippen MR) is 89.8 cm³/mol. The highest BCUT2D eigenvalue weighted by atomic mass is 35.5. The van der Waals surface area contributed by atoms with Crippen LogP contribution >= 0.6 is 11.6 Å². The van der Waals surface area contributed by atoms with Crippen LogP contribution in [0.25, 0.3) is 6.08 Å². The first-order chi connectivity index (χ1) is 11.0. The number of ether oxygens (including phenoxy) is 1. The minimum atomic E-state index is -3.89. The third kappa shape index (κ3) is 4.13. The zero-order chi connectivity index (χ0) is 16.9. The molecule has 2 aromatic carbocycles. The molecule has 23 heavy (non-hydrogen) atoms. The standard InChI is InChI=1S/C17H14ClNO3S/c1-2-22-15-5-3-4-13(10-15)11-17(12-19)23(20,21)16-8-6-14(18)7-9-16/h3-11H,2H2,1H3. The third-order valence-corrected chi connectivity index (χ3v) is 4.92. The molecule has 0 heterocycles. The van der Waals surface area contributed by atoms with Crippen LogP contribution in [0.2, 0.25) is 5.02 Å². The Hall–Kier alpha value is -2.29. The van der Waals surface area contributed by atoms with Crippen molar-refractivity contribution in [2.45, 2.75) is 11.8 Å². The summed E-state index contributed by atoms with van der Waals surface area (Å²) in [5.41, 5.74) is 0.574. The summed E-state index contributed by atoms with van der Waals surface area (Å²) in [6.07, 6.45) is 1.33. The molecule has 0 radical (unpaired) electrons. The van der Waals surface area contributed by atoms with E-state index >= 15 is 0 Å². The van der Waals surface area contributed by atoms with Crippen molar-refractivity contribution < 1.29 is 13.2 Å². The average molecular weight is 348 g/mol. The molecule has 0 aliphatic heterocycles. The average Bonchev–Trinajstić information content (AvgIpc) is 2.53. The molecule has 0 fully saturated rings. The number of rotatable bonds is 5. The number of nitriles is 1. The molecule has 2 rings (SSSR count). The molecule has 0 saturated heterocycles. The maximum absolute atomic E-state index is 12.5. The Morgan fingerprint density at radius 2 is 1.96 bits per heavy atom. The fourth-order valence-electron chi connectivity index (χ4n) is 1.92. The van der Waals surface area contributed by atoms with Gasteiger partial charge in [-0.2, -0.15) is 5.26 Å².